The van der Waals surface area contributed by atoms with Gasteiger partial charge in [0.1, 0.15) is 5.75 Å². The fraction of sp³-hybridized carbons (Fsp3) is 0.500. The maximum Gasteiger partial charge on any atom is 0.184 e. The Morgan fingerprint density at radius 1 is 1.18 bits per heavy atom. The molecule has 1 unspecified atom stereocenters. The highest BCUT2D eigenvalue weighted by Gasteiger charge is 2.21. The lowest BCUT2D eigenvalue weighted by molar-refractivity contribution is 0.0985. The molecule has 0 heterocycles. The van der Waals surface area contributed by atoms with Crippen LogP contribution in [-0.2, 0) is 0 Å². The lowest BCUT2D eigenvalue weighted by Gasteiger charge is -2.18. The van der Waals surface area contributed by atoms with Crippen LogP contribution >= 0.6 is 11.6 Å². The number of hydrogen-bond donors (Lipinski definition) is 0. The lowest BCUT2D eigenvalue weighted by atomic mass is 9.98. The minimum atomic E-state index is -0.537. The number of Topliss-reactive ketones (excluding diaryl/α,β-unsaturated/α-hetero) is 1. The van der Waals surface area contributed by atoms with E-state index in [0.29, 0.717) is 11.3 Å². The Morgan fingerprint density at radius 3 is 2.18 bits per heavy atom. The first-order chi connectivity index (χ1) is 7.84. The van der Waals surface area contributed by atoms with Gasteiger partial charge in [-0.2, -0.15) is 0 Å². The Hall–Kier alpha value is -1.02. The van der Waals surface area contributed by atoms with E-state index in [1.807, 2.05) is 39.8 Å². The van der Waals surface area contributed by atoms with E-state index >= 15 is 0 Å². The zero-order chi connectivity index (χ0) is 13.2. The normalized spacial score (nSPS) is 12.6. The second-order valence-corrected chi connectivity index (χ2v) is 5.20. The number of ketones is 1. The molecule has 0 spiro atoms. The molecule has 0 saturated heterocycles. The number of rotatable bonds is 4. The summed E-state index contributed by atoms with van der Waals surface area (Å²) >= 11 is 5.89. The molecule has 1 aromatic carbocycles. The van der Waals surface area contributed by atoms with Crippen LogP contribution in [0.5, 0.6) is 5.75 Å². The molecule has 0 saturated carbocycles. The average Bonchev–Trinajstić information content (AvgIpc) is 2.22. The van der Waals surface area contributed by atoms with Crippen molar-refractivity contribution in [3.05, 3.63) is 28.8 Å². The second-order valence-electron chi connectivity index (χ2n) is 4.55. The highest BCUT2D eigenvalue weighted by molar-refractivity contribution is 6.34. The first kappa shape index (κ1) is 14.0. The van der Waals surface area contributed by atoms with Gasteiger partial charge in [-0.05, 0) is 45.7 Å². The number of carbonyl (C=O) groups excluding carboxylic acids is 1. The fourth-order valence-electron chi connectivity index (χ4n) is 1.68. The molecule has 94 valence electrons. The van der Waals surface area contributed by atoms with E-state index in [2.05, 4.69) is 0 Å². The number of aryl methyl sites for hydroxylation is 2. The molecule has 0 amide bonds. The molecule has 1 rings (SSSR count). The molecule has 0 aliphatic carbocycles. The number of halogens is 1. The summed E-state index contributed by atoms with van der Waals surface area (Å²) in [6.45, 7) is 9.41. The van der Waals surface area contributed by atoms with Gasteiger partial charge in [-0.15, -0.1) is 11.6 Å². The first-order valence-electron chi connectivity index (χ1n) is 5.79. The van der Waals surface area contributed by atoms with Crippen LogP contribution < -0.4 is 4.74 Å². The van der Waals surface area contributed by atoms with Gasteiger partial charge in [-0.3, -0.25) is 4.79 Å². The quantitative estimate of drug-likeness (QED) is 0.602. The van der Waals surface area contributed by atoms with Gasteiger partial charge in [0.25, 0.3) is 0 Å². The van der Waals surface area contributed by atoms with Crippen LogP contribution in [0, 0.1) is 13.8 Å². The smallest absolute Gasteiger partial charge is 0.184 e. The number of benzene rings is 1. The van der Waals surface area contributed by atoms with E-state index in [-0.39, 0.29) is 11.9 Å². The molecule has 0 aliphatic rings. The predicted octanol–water partition coefficient (Wildman–Crippen LogP) is 3.90. The van der Waals surface area contributed by atoms with Crippen LogP contribution in [0.2, 0.25) is 0 Å². The number of carbonyl (C=O) groups is 1. The van der Waals surface area contributed by atoms with E-state index in [1.165, 1.54) is 0 Å². The summed E-state index contributed by atoms with van der Waals surface area (Å²) in [6, 6.07) is 3.89. The molecule has 1 aromatic rings. The largest absolute Gasteiger partial charge is 0.490 e. The Morgan fingerprint density at radius 2 is 1.71 bits per heavy atom. The van der Waals surface area contributed by atoms with Crippen molar-refractivity contribution in [3.63, 3.8) is 0 Å². The van der Waals surface area contributed by atoms with Gasteiger partial charge >= 0.3 is 0 Å². The van der Waals surface area contributed by atoms with Crippen molar-refractivity contribution in [2.24, 2.45) is 0 Å². The SMILES string of the molecule is Cc1ccc(C)c(C(=O)C(C)Cl)c1OC(C)C. The van der Waals surface area contributed by atoms with Crippen molar-refractivity contribution in [1.82, 2.24) is 0 Å². The average molecular weight is 255 g/mol. The summed E-state index contributed by atoms with van der Waals surface area (Å²) in [7, 11) is 0. The highest BCUT2D eigenvalue weighted by Crippen LogP contribution is 2.29. The number of alkyl halides is 1. The Balaban J connectivity index is 3.34. The summed E-state index contributed by atoms with van der Waals surface area (Å²) in [4.78, 5) is 12.1. The Kier molecular flexibility index (Phi) is 4.58. The number of hydrogen-bond acceptors (Lipinski definition) is 2. The molecule has 17 heavy (non-hydrogen) atoms. The van der Waals surface area contributed by atoms with Gasteiger partial charge in [0, 0.05) is 0 Å². The monoisotopic (exact) mass is 254 g/mol. The van der Waals surface area contributed by atoms with Gasteiger partial charge in [0.2, 0.25) is 0 Å². The van der Waals surface area contributed by atoms with Gasteiger partial charge in [-0.25, -0.2) is 0 Å². The van der Waals surface area contributed by atoms with Gasteiger partial charge in [0.05, 0.1) is 17.0 Å². The van der Waals surface area contributed by atoms with Crippen molar-refractivity contribution in [2.45, 2.75) is 46.1 Å². The molecule has 0 bridgehead atoms. The third-order valence-electron chi connectivity index (χ3n) is 2.52. The Labute approximate surface area is 108 Å². The maximum atomic E-state index is 12.1. The summed E-state index contributed by atoms with van der Waals surface area (Å²) in [5.41, 5.74) is 2.48. The zero-order valence-corrected chi connectivity index (χ0v) is 11.8. The molecule has 2 nitrogen and oxygen atoms in total. The van der Waals surface area contributed by atoms with Crippen LogP contribution in [0.1, 0.15) is 42.3 Å². The van der Waals surface area contributed by atoms with Crippen LogP contribution in [0.4, 0.5) is 0 Å². The third-order valence-corrected chi connectivity index (χ3v) is 2.72. The van der Waals surface area contributed by atoms with E-state index < -0.39 is 5.38 Å². The summed E-state index contributed by atoms with van der Waals surface area (Å²) in [6.07, 6.45) is 0.0349. The molecule has 3 heteroatoms. The van der Waals surface area contributed by atoms with Gasteiger partial charge in [0.15, 0.2) is 5.78 Å². The van der Waals surface area contributed by atoms with Crippen LogP contribution in [-0.4, -0.2) is 17.3 Å². The standard InChI is InChI=1S/C14H19ClO2/c1-8(2)17-14-10(4)7-6-9(3)12(14)13(16)11(5)15/h6-8,11H,1-5H3. The molecule has 0 fully saturated rings. The topological polar surface area (TPSA) is 26.3 Å². The van der Waals surface area contributed by atoms with Crippen molar-refractivity contribution < 1.29 is 9.53 Å². The highest BCUT2D eigenvalue weighted by atomic mass is 35.5. The third kappa shape index (κ3) is 3.22. The van der Waals surface area contributed by atoms with E-state index in [9.17, 15) is 4.79 Å². The van der Waals surface area contributed by atoms with E-state index in [0.717, 1.165) is 11.1 Å². The zero-order valence-electron chi connectivity index (χ0n) is 11.0. The fourth-order valence-corrected chi connectivity index (χ4v) is 1.79. The molecule has 0 radical (unpaired) electrons. The predicted molar refractivity (Wildman–Crippen MR) is 71.3 cm³/mol. The van der Waals surface area contributed by atoms with Crippen LogP contribution in [0.3, 0.4) is 0 Å². The summed E-state index contributed by atoms with van der Waals surface area (Å²) in [5, 5.41) is -0.537. The van der Waals surface area contributed by atoms with Gasteiger partial charge < -0.3 is 4.74 Å². The first-order valence-corrected chi connectivity index (χ1v) is 6.23. The van der Waals surface area contributed by atoms with Crippen LogP contribution in [0.25, 0.3) is 0 Å². The van der Waals surface area contributed by atoms with Crippen molar-refractivity contribution in [1.29, 1.82) is 0 Å². The summed E-state index contributed by atoms with van der Waals surface area (Å²) in [5.74, 6) is 0.584. The minimum Gasteiger partial charge on any atom is -0.490 e. The van der Waals surface area contributed by atoms with Crippen molar-refractivity contribution in [3.8, 4) is 5.75 Å². The molecular weight excluding hydrogens is 236 g/mol. The maximum absolute atomic E-state index is 12.1. The van der Waals surface area contributed by atoms with Crippen LogP contribution in [0.15, 0.2) is 12.1 Å². The van der Waals surface area contributed by atoms with Crippen molar-refractivity contribution >= 4 is 17.4 Å². The lowest BCUT2D eigenvalue weighted by Crippen LogP contribution is -2.17. The number of ether oxygens (including phenoxy) is 1. The molecule has 0 N–H and O–H groups in total. The molecule has 0 aromatic heterocycles. The second kappa shape index (κ2) is 5.54. The van der Waals surface area contributed by atoms with E-state index in [1.54, 1.807) is 6.92 Å². The summed E-state index contributed by atoms with van der Waals surface area (Å²) < 4.78 is 5.75. The van der Waals surface area contributed by atoms with E-state index in [4.69, 9.17) is 16.3 Å². The van der Waals surface area contributed by atoms with Gasteiger partial charge in [-0.1, -0.05) is 12.1 Å². The van der Waals surface area contributed by atoms with Crippen molar-refractivity contribution in [2.75, 3.05) is 0 Å². The Bertz CT molecular complexity index is 422. The minimum absolute atomic E-state index is 0.0349. The molecule has 1 atom stereocenters. The molecule has 0 aliphatic heterocycles. The molecular formula is C14H19ClO2.